The zero-order valence-electron chi connectivity index (χ0n) is 11.2. The Morgan fingerprint density at radius 1 is 1.20 bits per heavy atom. The molecule has 5 nitrogen and oxygen atoms in total. The summed E-state index contributed by atoms with van der Waals surface area (Å²) in [4.78, 5) is 4.32. The number of hydrogen-bond donors (Lipinski definition) is 1. The maximum atomic E-state index is 5.66. The summed E-state index contributed by atoms with van der Waals surface area (Å²) < 4.78 is 13.4. The molecule has 1 aromatic heterocycles. The fourth-order valence-electron chi connectivity index (χ4n) is 2.91. The van der Waals surface area contributed by atoms with Crippen LogP contribution in [0.5, 0.6) is 11.5 Å². The van der Waals surface area contributed by atoms with Gasteiger partial charge in [-0.1, -0.05) is 0 Å². The molecule has 20 heavy (non-hydrogen) atoms. The van der Waals surface area contributed by atoms with Gasteiger partial charge in [0.15, 0.2) is 11.5 Å². The molecule has 0 aliphatic carbocycles. The largest absolute Gasteiger partial charge is 0.486 e. The monoisotopic (exact) mass is 271 g/mol. The molecule has 3 heterocycles. The van der Waals surface area contributed by atoms with Gasteiger partial charge in [-0.05, 0) is 25.1 Å². The second-order valence-corrected chi connectivity index (χ2v) is 5.21. The Bertz CT molecular complexity index is 617. The molecule has 0 radical (unpaired) electrons. The zero-order valence-corrected chi connectivity index (χ0v) is 11.2. The highest BCUT2D eigenvalue weighted by Crippen LogP contribution is 2.33. The lowest BCUT2D eigenvalue weighted by Gasteiger charge is -2.20. The van der Waals surface area contributed by atoms with Crippen LogP contribution >= 0.6 is 0 Å². The molecule has 0 spiro atoms. The number of nitrogens with zero attached hydrogens (tertiary/aromatic N) is 2. The molecule has 0 saturated carbocycles. The van der Waals surface area contributed by atoms with E-state index in [4.69, 9.17) is 9.47 Å². The number of benzene rings is 1. The van der Waals surface area contributed by atoms with Gasteiger partial charge in [-0.15, -0.1) is 0 Å². The summed E-state index contributed by atoms with van der Waals surface area (Å²) >= 11 is 0. The Kier molecular flexibility index (Phi) is 2.85. The zero-order chi connectivity index (χ0) is 13.4. The molecular formula is C15H17N3O2. The van der Waals surface area contributed by atoms with Crippen molar-refractivity contribution in [3.05, 3.63) is 36.4 Å². The fourth-order valence-corrected chi connectivity index (χ4v) is 2.91. The molecule has 1 aromatic carbocycles. The van der Waals surface area contributed by atoms with Crippen molar-refractivity contribution in [3.8, 4) is 17.2 Å². The van der Waals surface area contributed by atoms with Gasteiger partial charge in [0, 0.05) is 30.4 Å². The van der Waals surface area contributed by atoms with Gasteiger partial charge in [0.25, 0.3) is 0 Å². The Morgan fingerprint density at radius 3 is 2.95 bits per heavy atom. The highest BCUT2D eigenvalue weighted by atomic mass is 16.6. The van der Waals surface area contributed by atoms with Crippen LogP contribution in [0.15, 0.2) is 30.7 Å². The summed E-state index contributed by atoms with van der Waals surface area (Å²) in [6.07, 6.45) is 5.00. The molecule has 1 unspecified atom stereocenters. The van der Waals surface area contributed by atoms with E-state index < -0.39 is 0 Å². The van der Waals surface area contributed by atoms with Gasteiger partial charge in [0.1, 0.15) is 13.2 Å². The normalized spacial score (nSPS) is 21.1. The molecule has 2 aliphatic rings. The number of ether oxygens (including phenoxy) is 2. The van der Waals surface area contributed by atoms with Crippen LogP contribution in [0.2, 0.25) is 0 Å². The average molecular weight is 271 g/mol. The van der Waals surface area contributed by atoms with E-state index in [0.29, 0.717) is 19.1 Å². The van der Waals surface area contributed by atoms with Gasteiger partial charge in [-0.3, -0.25) is 0 Å². The first kappa shape index (κ1) is 11.8. The van der Waals surface area contributed by atoms with Crippen LogP contribution in [-0.2, 0) is 0 Å². The summed E-state index contributed by atoms with van der Waals surface area (Å²) in [6, 6.07) is 6.06. The molecule has 4 rings (SSSR count). The van der Waals surface area contributed by atoms with E-state index in [1.54, 1.807) is 0 Å². The lowest BCUT2D eigenvalue weighted by atomic mass is 10.1. The minimum absolute atomic E-state index is 0.533. The van der Waals surface area contributed by atoms with Gasteiger partial charge in [0.05, 0.1) is 12.0 Å². The predicted molar refractivity (Wildman–Crippen MR) is 74.8 cm³/mol. The molecule has 2 aromatic rings. The lowest BCUT2D eigenvalue weighted by molar-refractivity contribution is 0.171. The number of nitrogens with one attached hydrogen (secondary N) is 1. The fraction of sp³-hybridized carbons (Fsp3) is 0.400. The van der Waals surface area contributed by atoms with E-state index in [2.05, 4.69) is 20.9 Å². The molecule has 1 atom stereocenters. The summed E-state index contributed by atoms with van der Waals surface area (Å²) in [5, 5.41) is 3.40. The van der Waals surface area contributed by atoms with Gasteiger partial charge in [-0.2, -0.15) is 0 Å². The maximum absolute atomic E-state index is 5.66. The number of hydrogen-bond acceptors (Lipinski definition) is 4. The molecule has 1 fully saturated rings. The van der Waals surface area contributed by atoms with Crippen LogP contribution in [0.1, 0.15) is 18.0 Å². The summed E-state index contributed by atoms with van der Waals surface area (Å²) in [5.41, 5.74) is 2.33. The van der Waals surface area contributed by atoms with Crippen molar-refractivity contribution >= 4 is 0 Å². The highest BCUT2D eigenvalue weighted by Gasteiger charge is 2.21. The standard InChI is InChI=1S/C15H17N3O2/c1-2-14-15(20-6-5-19-14)7-12(1)18-10-17-9-13(18)11-3-4-16-8-11/h1-2,7,9-11,16H,3-6,8H2. The maximum Gasteiger partial charge on any atom is 0.163 e. The molecule has 0 bridgehead atoms. The quantitative estimate of drug-likeness (QED) is 0.903. The topological polar surface area (TPSA) is 48.3 Å². The number of rotatable bonds is 2. The van der Waals surface area contributed by atoms with Crippen LogP contribution in [0.3, 0.4) is 0 Å². The predicted octanol–water partition coefficient (Wildman–Crippen LogP) is 1.72. The van der Waals surface area contributed by atoms with Gasteiger partial charge < -0.3 is 19.4 Å². The smallest absolute Gasteiger partial charge is 0.163 e. The molecule has 1 N–H and O–H groups in total. The van der Waals surface area contributed by atoms with Crippen LogP contribution < -0.4 is 14.8 Å². The average Bonchev–Trinajstić information content (AvgIpc) is 3.17. The third-order valence-corrected chi connectivity index (χ3v) is 3.95. The molecular weight excluding hydrogens is 254 g/mol. The van der Waals surface area contributed by atoms with Crippen molar-refractivity contribution in [3.63, 3.8) is 0 Å². The van der Waals surface area contributed by atoms with Gasteiger partial charge in [-0.25, -0.2) is 4.98 Å². The molecule has 104 valence electrons. The van der Waals surface area contributed by atoms with Gasteiger partial charge >= 0.3 is 0 Å². The van der Waals surface area contributed by atoms with Crippen molar-refractivity contribution in [2.75, 3.05) is 26.3 Å². The summed E-state index contributed by atoms with van der Waals surface area (Å²) in [7, 11) is 0. The number of imidazole rings is 1. The van der Waals surface area contributed by atoms with Crippen molar-refractivity contribution < 1.29 is 9.47 Å². The first-order valence-electron chi connectivity index (χ1n) is 7.05. The van der Waals surface area contributed by atoms with E-state index in [-0.39, 0.29) is 0 Å². The third kappa shape index (κ3) is 1.94. The van der Waals surface area contributed by atoms with Crippen LogP contribution in [0.4, 0.5) is 0 Å². The minimum Gasteiger partial charge on any atom is -0.486 e. The molecule has 0 amide bonds. The van der Waals surface area contributed by atoms with Crippen LogP contribution in [0, 0.1) is 0 Å². The Labute approximate surface area is 117 Å². The van der Waals surface area contributed by atoms with Crippen molar-refractivity contribution in [1.29, 1.82) is 0 Å². The first-order valence-corrected chi connectivity index (χ1v) is 7.05. The van der Waals surface area contributed by atoms with E-state index >= 15 is 0 Å². The summed E-state index contributed by atoms with van der Waals surface area (Å²) in [5.74, 6) is 2.17. The highest BCUT2D eigenvalue weighted by molar-refractivity contribution is 5.50. The lowest BCUT2D eigenvalue weighted by Crippen LogP contribution is -2.16. The second kappa shape index (κ2) is 4.83. The Hall–Kier alpha value is -2.01. The Morgan fingerprint density at radius 2 is 2.10 bits per heavy atom. The molecule has 5 heteroatoms. The SMILES string of the molecule is c1cc2c(cc1-n1cncc1C1CCNC1)OCCO2. The minimum atomic E-state index is 0.533. The van der Waals surface area contributed by atoms with E-state index in [9.17, 15) is 0 Å². The summed E-state index contributed by atoms with van der Waals surface area (Å²) in [6.45, 7) is 3.34. The van der Waals surface area contributed by atoms with Crippen molar-refractivity contribution in [2.24, 2.45) is 0 Å². The van der Waals surface area contributed by atoms with Crippen molar-refractivity contribution in [1.82, 2.24) is 14.9 Å². The molecule has 1 saturated heterocycles. The van der Waals surface area contributed by atoms with Crippen molar-refractivity contribution in [2.45, 2.75) is 12.3 Å². The van der Waals surface area contributed by atoms with Gasteiger partial charge in [0.2, 0.25) is 0 Å². The second-order valence-electron chi connectivity index (χ2n) is 5.21. The third-order valence-electron chi connectivity index (χ3n) is 3.95. The molecule has 2 aliphatic heterocycles. The number of aromatic nitrogens is 2. The first-order chi connectivity index (χ1) is 9.92. The van der Waals surface area contributed by atoms with E-state index in [0.717, 1.165) is 36.7 Å². The van der Waals surface area contributed by atoms with Crippen LogP contribution in [0.25, 0.3) is 5.69 Å². The van der Waals surface area contributed by atoms with E-state index in [1.165, 1.54) is 5.69 Å². The number of fused-ring (bicyclic) bond motifs is 1. The Balaban J connectivity index is 1.72. The van der Waals surface area contributed by atoms with Crippen LogP contribution in [-0.4, -0.2) is 35.9 Å². The van der Waals surface area contributed by atoms with E-state index in [1.807, 2.05) is 24.7 Å².